The van der Waals surface area contributed by atoms with Gasteiger partial charge in [-0.25, -0.2) is 0 Å². The number of hydrogen-bond acceptors (Lipinski definition) is 3. The van der Waals surface area contributed by atoms with Gasteiger partial charge in [-0.1, -0.05) is 12.1 Å². The van der Waals surface area contributed by atoms with E-state index in [1.165, 1.54) is 18.7 Å². The van der Waals surface area contributed by atoms with Crippen LogP contribution in [0.25, 0.3) is 0 Å². The van der Waals surface area contributed by atoms with E-state index in [9.17, 15) is 0 Å². The molecule has 1 aliphatic rings. The van der Waals surface area contributed by atoms with Crippen LogP contribution in [0.4, 0.5) is 5.69 Å². The van der Waals surface area contributed by atoms with Gasteiger partial charge in [-0.15, -0.1) is 0 Å². The van der Waals surface area contributed by atoms with Crippen LogP contribution >= 0.6 is 0 Å². The molecular weight excluding hydrogens is 224 g/mol. The number of rotatable bonds is 3. The standard InChI is InChI=1S/C15H24N2O/c1-13(2)16-8-3-9-17(11-10-16)15-6-4-14(12-18)5-7-15/h4-7,13,18H,3,8-12H2,1-2H3. The van der Waals surface area contributed by atoms with E-state index < -0.39 is 0 Å². The maximum absolute atomic E-state index is 9.06. The molecule has 1 heterocycles. The Bertz CT molecular complexity index is 361. The molecule has 0 aromatic heterocycles. The molecule has 0 bridgehead atoms. The highest BCUT2D eigenvalue weighted by Gasteiger charge is 2.16. The fraction of sp³-hybridized carbons (Fsp3) is 0.600. The van der Waals surface area contributed by atoms with E-state index in [1.54, 1.807) is 0 Å². The van der Waals surface area contributed by atoms with Crippen molar-refractivity contribution in [2.24, 2.45) is 0 Å². The second-order valence-corrected chi connectivity index (χ2v) is 5.29. The average Bonchev–Trinajstić information content (AvgIpc) is 2.64. The van der Waals surface area contributed by atoms with Crippen LogP contribution in [0.2, 0.25) is 0 Å². The predicted octanol–water partition coefficient (Wildman–Crippen LogP) is 2.10. The second kappa shape index (κ2) is 6.21. The zero-order valence-corrected chi connectivity index (χ0v) is 11.5. The first-order chi connectivity index (χ1) is 8.70. The summed E-state index contributed by atoms with van der Waals surface area (Å²) in [6.45, 7) is 9.22. The summed E-state index contributed by atoms with van der Waals surface area (Å²) in [5, 5.41) is 9.06. The van der Waals surface area contributed by atoms with Gasteiger partial charge in [0.2, 0.25) is 0 Å². The molecule has 1 aromatic rings. The van der Waals surface area contributed by atoms with E-state index in [0.29, 0.717) is 6.04 Å². The Morgan fingerprint density at radius 2 is 1.78 bits per heavy atom. The molecule has 0 aliphatic carbocycles. The van der Waals surface area contributed by atoms with Crippen molar-refractivity contribution in [3.63, 3.8) is 0 Å². The summed E-state index contributed by atoms with van der Waals surface area (Å²) in [6, 6.07) is 8.91. The summed E-state index contributed by atoms with van der Waals surface area (Å²) < 4.78 is 0. The highest BCUT2D eigenvalue weighted by atomic mass is 16.3. The quantitative estimate of drug-likeness (QED) is 0.887. The Morgan fingerprint density at radius 1 is 1.06 bits per heavy atom. The van der Waals surface area contributed by atoms with Crippen LogP contribution in [0, 0.1) is 0 Å². The van der Waals surface area contributed by atoms with Crippen molar-refractivity contribution in [3.05, 3.63) is 29.8 Å². The molecule has 1 fully saturated rings. The molecule has 2 rings (SSSR count). The topological polar surface area (TPSA) is 26.7 Å². The molecule has 3 heteroatoms. The van der Waals surface area contributed by atoms with E-state index in [4.69, 9.17) is 5.11 Å². The van der Waals surface area contributed by atoms with E-state index in [2.05, 4.69) is 35.8 Å². The van der Waals surface area contributed by atoms with Gasteiger partial charge in [0.25, 0.3) is 0 Å². The summed E-state index contributed by atoms with van der Waals surface area (Å²) in [4.78, 5) is 4.99. The van der Waals surface area contributed by atoms with Gasteiger partial charge < -0.3 is 10.0 Å². The van der Waals surface area contributed by atoms with Crippen LogP contribution in [-0.4, -0.2) is 42.2 Å². The van der Waals surface area contributed by atoms with Crippen molar-refractivity contribution in [3.8, 4) is 0 Å². The van der Waals surface area contributed by atoms with Gasteiger partial charge in [-0.2, -0.15) is 0 Å². The first kappa shape index (κ1) is 13.4. The Balaban J connectivity index is 2.00. The summed E-state index contributed by atoms with van der Waals surface area (Å²) in [7, 11) is 0. The molecule has 1 aromatic carbocycles. The molecule has 18 heavy (non-hydrogen) atoms. The van der Waals surface area contributed by atoms with Crippen molar-refractivity contribution in [2.45, 2.75) is 32.9 Å². The second-order valence-electron chi connectivity index (χ2n) is 5.29. The normalized spacial score (nSPS) is 18.1. The molecule has 3 nitrogen and oxygen atoms in total. The van der Waals surface area contributed by atoms with Gasteiger partial charge in [0, 0.05) is 37.9 Å². The van der Waals surface area contributed by atoms with Crippen molar-refractivity contribution in [2.75, 3.05) is 31.1 Å². The average molecular weight is 248 g/mol. The van der Waals surface area contributed by atoms with Crippen molar-refractivity contribution in [1.82, 2.24) is 4.90 Å². The predicted molar refractivity (Wildman–Crippen MR) is 75.9 cm³/mol. The van der Waals surface area contributed by atoms with Gasteiger partial charge in [-0.05, 0) is 38.0 Å². The molecule has 0 atom stereocenters. The maximum Gasteiger partial charge on any atom is 0.0681 e. The molecular formula is C15H24N2O. The number of anilines is 1. The lowest BCUT2D eigenvalue weighted by molar-refractivity contribution is 0.238. The number of benzene rings is 1. The third-order valence-electron chi connectivity index (χ3n) is 3.74. The summed E-state index contributed by atoms with van der Waals surface area (Å²) in [5.74, 6) is 0. The fourth-order valence-electron chi connectivity index (χ4n) is 2.52. The van der Waals surface area contributed by atoms with E-state index >= 15 is 0 Å². The Labute approximate surface area is 110 Å². The van der Waals surface area contributed by atoms with Crippen LogP contribution in [-0.2, 0) is 6.61 Å². The minimum absolute atomic E-state index is 0.126. The van der Waals surface area contributed by atoms with E-state index in [0.717, 1.165) is 25.2 Å². The van der Waals surface area contributed by atoms with E-state index in [-0.39, 0.29) is 6.61 Å². The molecule has 1 aliphatic heterocycles. The Kier molecular flexibility index (Phi) is 4.61. The Hall–Kier alpha value is -1.06. The summed E-state index contributed by atoms with van der Waals surface area (Å²) in [5.41, 5.74) is 2.26. The van der Waals surface area contributed by atoms with Crippen LogP contribution in [0.5, 0.6) is 0 Å². The van der Waals surface area contributed by atoms with Crippen LogP contribution in [0.3, 0.4) is 0 Å². The first-order valence-corrected chi connectivity index (χ1v) is 6.89. The van der Waals surface area contributed by atoms with Crippen molar-refractivity contribution in [1.29, 1.82) is 0 Å². The monoisotopic (exact) mass is 248 g/mol. The van der Waals surface area contributed by atoms with Crippen LogP contribution in [0.1, 0.15) is 25.8 Å². The third-order valence-corrected chi connectivity index (χ3v) is 3.74. The minimum atomic E-state index is 0.126. The first-order valence-electron chi connectivity index (χ1n) is 6.89. The number of aliphatic hydroxyl groups excluding tert-OH is 1. The molecule has 1 saturated heterocycles. The lowest BCUT2D eigenvalue weighted by Gasteiger charge is -2.25. The van der Waals surface area contributed by atoms with Gasteiger partial charge in [0.05, 0.1) is 6.61 Å². The lowest BCUT2D eigenvalue weighted by atomic mass is 10.2. The molecule has 1 N–H and O–H groups in total. The van der Waals surface area contributed by atoms with Gasteiger partial charge in [0.15, 0.2) is 0 Å². The summed E-state index contributed by atoms with van der Waals surface area (Å²) >= 11 is 0. The number of hydrogen-bond donors (Lipinski definition) is 1. The van der Waals surface area contributed by atoms with Crippen molar-refractivity contribution >= 4 is 5.69 Å². The number of nitrogens with zero attached hydrogens (tertiary/aromatic N) is 2. The lowest BCUT2D eigenvalue weighted by Crippen LogP contribution is -2.35. The smallest absolute Gasteiger partial charge is 0.0681 e. The zero-order valence-electron chi connectivity index (χ0n) is 11.5. The largest absolute Gasteiger partial charge is 0.392 e. The molecule has 0 saturated carbocycles. The Morgan fingerprint density at radius 3 is 2.39 bits per heavy atom. The highest BCUT2D eigenvalue weighted by molar-refractivity contribution is 5.47. The number of aliphatic hydroxyl groups is 1. The summed E-state index contributed by atoms with van der Waals surface area (Å²) in [6.07, 6.45) is 1.22. The van der Waals surface area contributed by atoms with E-state index in [1.807, 2.05) is 12.1 Å². The minimum Gasteiger partial charge on any atom is -0.392 e. The molecule has 0 radical (unpaired) electrons. The molecule has 0 amide bonds. The van der Waals surface area contributed by atoms with Gasteiger partial charge >= 0.3 is 0 Å². The fourth-order valence-corrected chi connectivity index (χ4v) is 2.52. The van der Waals surface area contributed by atoms with Crippen molar-refractivity contribution < 1.29 is 5.11 Å². The highest BCUT2D eigenvalue weighted by Crippen LogP contribution is 2.18. The SMILES string of the molecule is CC(C)N1CCCN(c2ccc(CO)cc2)CC1. The van der Waals surface area contributed by atoms with Crippen LogP contribution < -0.4 is 4.90 Å². The third kappa shape index (κ3) is 3.24. The molecule has 0 spiro atoms. The van der Waals surface area contributed by atoms with Gasteiger partial charge in [-0.3, -0.25) is 4.90 Å². The molecule has 100 valence electrons. The molecule has 0 unspecified atom stereocenters. The van der Waals surface area contributed by atoms with Crippen LogP contribution in [0.15, 0.2) is 24.3 Å². The zero-order chi connectivity index (χ0) is 13.0. The maximum atomic E-state index is 9.06. The van der Waals surface area contributed by atoms with Gasteiger partial charge in [0.1, 0.15) is 0 Å².